The van der Waals surface area contributed by atoms with Crippen LogP contribution in [0.25, 0.3) is 0 Å². The summed E-state index contributed by atoms with van der Waals surface area (Å²) >= 11 is 3.12. The standard InChI is InChI=1S/C12H13BrN2O6/c1-7(16)14-9(12(17)20-2)6-21-11-4-3-8(13)5-10(11)15(18)19/h3-5,9H,6H2,1-2H3,(H,14,16). The number of nitro benzene ring substituents is 1. The van der Waals surface area contributed by atoms with Crippen molar-refractivity contribution in [1.29, 1.82) is 0 Å². The molecule has 114 valence electrons. The third-order valence-corrected chi connectivity index (χ3v) is 2.88. The highest BCUT2D eigenvalue weighted by Gasteiger charge is 2.23. The molecule has 0 aromatic heterocycles. The Kier molecular flexibility index (Phi) is 6.10. The zero-order valence-electron chi connectivity index (χ0n) is 11.3. The molecule has 1 atom stereocenters. The lowest BCUT2D eigenvalue weighted by atomic mass is 10.3. The Morgan fingerprint density at radius 1 is 1.48 bits per heavy atom. The molecule has 0 aliphatic heterocycles. The van der Waals surface area contributed by atoms with E-state index in [4.69, 9.17) is 4.74 Å². The van der Waals surface area contributed by atoms with Crippen molar-refractivity contribution in [1.82, 2.24) is 5.32 Å². The van der Waals surface area contributed by atoms with E-state index in [0.717, 1.165) is 0 Å². The van der Waals surface area contributed by atoms with E-state index >= 15 is 0 Å². The number of hydrogen-bond acceptors (Lipinski definition) is 6. The number of nitrogens with one attached hydrogen (secondary N) is 1. The van der Waals surface area contributed by atoms with Gasteiger partial charge in [-0.1, -0.05) is 15.9 Å². The van der Waals surface area contributed by atoms with Crippen LogP contribution in [0.15, 0.2) is 22.7 Å². The lowest BCUT2D eigenvalue weighted by Crippen LogP contribution is -2.44. The number of amides is 1. The fourth-order valence-corrected chi connectivity index (χ4v) is 1.83. The average Bonchev–Trinajstić information content (AvgIpc) is 2.42. The number of carbonyl (C=O) groups excluding carboxylic acids is 2. The lowest BCUT2D eigenvalue weighted by Gasteiger charge is -2.16. The zero-order chi connectivity index (χ0) is 16.0. The van der Waals surface area contributed by atoms with Crippen molar-refractivity contribution >= 4 is 33.5 Å². The van der Waals surface area contributed by atoms with Crippen LogP contribution in [-0.2, 0) is 14.3 Å². The second-order valence-corrected chi connectivity index (χ2v) is 4.87. The summed E-state index contributed by atoms with van der Waals surface area (Å²) in [5.41, 5.74) is -0.254. The van der Waals surface area contributed by atoms with E-state index < -0.39 is 22.8 Å². The van der Waals surface area contributed by atoms with Crippen molar-refractivity contribution in [3.05, 3.63) is 32.8 Å². The molecule has 21 heavy (non-hydrogen) atoms. The van der Waals surface area contributed by atoms with Crippen LogP contribution in [0.3, 0.4) is 0 Å². The van der Waals surface area contributed by atoms with Crippen molar-refractivity contribution in [2.45, 2.75) is 13.0 Å². The van der Waals surface area contributed by atoms with E-state index in [0.29, 0.717) is 4.47 Å². The van der Waals surface area contributed by atoms with E-state index in [-0.39, 0.29) is 18.0 Å². The number of ether oxygens (including phenoxy) is 2. The Labute approximate surface area is 128 Å². The summed E-state index contributed by atoms with van der Waals surface area (Å²) in [6.45, 7) is 0.951. The molecule has 1 N–H and O–H groups in total. The molecular weight excluding hydrogens is 348 g/mol. The van der Waals surface area contributed by atoms with Crippen LogP contribution in [0.4, 0.5) is 5.69 Å². The third kappa shape index (κ3) is 5.03. The molecule has 8 nitrogen and oxygen atoms in total. The first-order chi connectivity index (χ1) is 9.85. The fourth-order valence-electron chi connectivity index (χ4n) is 1.48. The SMILES string of the molecule is COC(=O)C(COc1ccc(Br)cc1[N+](=O)[O-])NC(C)=O. The second kappa shape index (κ2) is 7.58. The fraction of sp³-hybridized carbons (Fsp3) is 0.333. The van der Waals surface area contributed by atoms with Crippen LogP contribution in [0.1, 0.15) is 6.92 Å². The smallest absolute Gasteiger partial charge is 0.331 e. The molecule has 0 aliphatic rings. The van der Waals surface area contributed by atoms with Gasteiger partial charge in [-0.25, -0.2) is 4.79 Å². The van der Waals surface area contributed by atoms with Gasteiger partial charge < -0.3 is 14.8 Å². The first-order valence-electron chi connectivity index (χ1n) is 5.76. The predicted molar refractivity (Wildman–Crippen MR) is 75.9 cm³/mol. The number of rotatable bonds is 6. The number of hydrogen-bond donors (Lipinski definition) is 1. The molecule has 0 bridgehead atoms. The number of nitrogens with zero attached hydrogens (tertiary/aromatic N) is 1. The summed E-state index contributed by atoms with van der Waals surface area (Å²) in [4.78, 5) is 32.8. The maximum atomic E-state index is 11.5. The van der Waals surface area contributed by atoms with Gasteiger partial charge in [0, 0.05) is 17.5 Å². The third-order valence-electron chi connectivity index (χ3n) is 2.39. The van der Waals surface area contributed by atoms with Gasteiger partial charge in [-0.15, -0.1) is 0 Å². The average molecular weight is 361 g/mol. The van der Waals surface area contributed by atoms with Gasteiger partial charge in [-0.3, -0.25) is 14.9 Å². The summed E-state index contributed by atoms with van der Waals surface area (Å²) in [5.74, 6) is -1.16. The first-order valence-corrected chi connectivity index (χ1v) is 6.56. The lowest BCUT2D eigenvalue weighted by molar-refractivity contribution is -0.386. The summed E-state index contributed by atoms with van der Waals surface area (Å²) in [7, 11) is 1.17. The Morgan fingerprint density at radius 2 is 2.14 bits per heavy atom. The molecule has 0 saturated heterocycles. The van der Waals surface area contributed by atoms with Gasteiger partial charge in [0.15, 0.2) is 11.8 Å². The topological polar surface area (TPSA) is 108 Å². The summed E-state index contributed by atoms with van der Waals surface area (Å²) in [6, 6.07) is 3.19. The van der Waals surface area contributed by atoms with Gasteiger partial charge >= 0.3 is 11.7 Å². The van der Waals surface area contributed by atoms with Crippen LogP contribution in [0.2, 0.25) is 0 Å². The van der Waals surface area contributed by atoms with Gasteiger partial charge in [0.1, 0.15) is 6.61 Å². The molecule has 0 radical (unpaired) electrons. The first kappa shape index (κ1) is 16.9. The van der Waals surface area contributed by atoms with Crippen molar-refractivity contribution < 1.29 is 24.0 Å². The second-order valence-electron chi connectivity index (χ2n) is 3.96. The number of carbonyl (C=O) groups is 2. The van der Waals surface area contributed by atoms with Gasteiger partial charge in [-0.2, -0.15) is 0 Å². The summed E-state index contributed by atoms with van der Waals surface area (Å²) in [6.07, 6.45) is 0. The van der Waals surface area contributed by atoms with Crippen LogP contribution in [-0.4, -0.2) is 36.6 Å². The Morgan fingerprint density at radius 3 is 2.67 bits per heavy atom. The van der Waals surface area contributed by atoms with Crippen LogP contribution >= 0.6 is 15.9 Å². The predicted octanol–water partition coefficient (Wildman–Crippen LogP) is 1.41. The molecule has 0 spiro atoms. The molecule has 1 rings (SSSR count). The number of benzene rings is 1. The van der Waals surface area contributed by atoms with Gasteiger partial charge in [0.05, 0.1) is 12.0 Å². The van der Waals surface area contributed by atoms with Crippen molar-refractivity contribution in [3.63, 3.8) is 0 Å². The number of esters is 1. The van der Waals surface area contributed by atoms with Crippen molar-refractivity contribution in [2.24, 2.45) is 0 Å². The number of methoxy groups -OCH3 is 1. The van der Waals surface area contributed by atoms with E-state index in [9.17, 15) is 19.7 Å². The van der Waals surface area contributed by atoms with Crippen LogP contribution in [0.5, 0.6) is 5.75 Å². The summed E-state index contributed by atoms with van der Waals surface area (Å²) < 4.78 is 10.3. The molecular formula is C12H13BrN2O6. The van der Waals surface area contributed by atoms with Crippen molar-refractivity contribution in [3.8, 4) is 5.75 Å². The van der Waals surface area contributed by atoms with E-state index in [1.165, 1.54) is 26.2 Å². The maximum absolute atomic E-state index is 11.5. The molecule has 1 amide bonds. The highest BCUT2D eigenvalue weighted by Crippen LogP contribution is 2.30. The minimum atomic E-state index is -1.05. The minimum Gasteiger partial charge on any atom is -0.484 e. The zero-order valence-corrected chi connectivity index (χ0v) is 12.9. The minimum absolute atomic E-state index is 0.0116. The van der Waals surface area contributed by atoms with E-state index in [1.54, 1.807) is 6.07 Å². The summed E-state index contributed by atoms with van der Waals surface area (Å²) in [5, 5.41) is 13.3. The molecule has 0 fully saturated rings. The monoisotopic (exact) mass is 360 g/mol. The van der Waals surface area contributed by atoms with E-state index in [1.807, 2.05) is 0 Å². The van der Waals surface area contributed by atoms with Gasteiger partial charge in [0.2, 0.25) is 5.91 Å². The molecule has 1 unspecified atom stereocenters. The molecule has 1 aromatic rings. The molecule has 0 saturated carbocycles. The van der Waals surface area contributed by atoms with E-state index in [2.05, 4.69) is 26.0 Å². The Balaban J connectivity index is 2.87. The van der Waals surface area contributed by atoms with Crippen molar-refractivity contribution in [2.75, 3.05) is 13.7 Å². The number of halogens is 1. The number of nitro groups is 1. The highest BCUT2D eigenvalue weighted by atomic mass is 79.9. The molecule has 9 heteroatoms. The van der Waals surface area contributed by atoms with Gasteiger partial charge in [-0.05, 0) is 12.1 Å². The van der Waals surface area contributed by atoms with Crippen LogP contribution < -0.4 is 10.1 Å². The van der Waals surface area contributed by atoms with Crippen LogP contribution in [0, 0.1) is 10.1 Å². The molecule has 1 aromatic carbocycles. The largest absolute Gasteiger partial charge is 0.484 e. The van der Waals surface area contributed by atoms with Gasteiger partial charge in [0.25, 0.3) is 0 Å². The highest BCUT2D eigenvalue weighted by molar-refractivity contribution is 9.10. The molecule has 0 heterocycles. The normalized spacial score (nSPS) is 11.4. The Hall–Kier alpha value is -2.16. The Bertz CT molecular complexity index is 563. The maximum Gasteiger partial charge on any atom is 0.331 e. The molecule has 0 aliphatic carbocycles. The quantitative estimate of drug-likeness (QED) is 0.466.